The SMILES string of the molecule is COc1cccc2c(C3CCN(C(=O)O)CC3)noc12. The number of fused-ring (bicyclic) bond motifs is 1. The van der Waals surface area contributed by atoms with Gasteiger partial charge in [0.15, 0.2) is 5.75 Å². The number of ether oxygens (including phenoxy) is 1. The number of benzene rings is 1. The molecular formula is C14H16N2O4. The van der Waals surface area contributed by atoms with Gasteiger partial charge in [-0.2, -0.15) is 0 Å². The first-order valence-corrected chi connectivity index (χ1v) is 6.61. The summed E-state index contributed by atoms with van der Waals surface area (Å²) in [6, 6.07) is 5.71. The summed E-state index contributed by atoms with van der Waals surface area (Å²) >= 11 is 0. The number of hydrogen-bond donors (Lipinski definition) is 1. The number of methoxy groups -OCH3 is 1. The largest absolute Gasteiger partial charge is 0.493 e. The predicted octanol–water partition coefficient (Wildman–Crippen LogP) is 2.69. The Balaban J connectivity index is 1.87. The minimum absolute atomic E-state index is 0.235. The summed E-state index contributed by atoms with van der Waals surface area (Å²) in [5.41, 5.74) is 1.56. The van der Waals surface area contributed by atoms with E-state index in [1.807, 2.05) is 18.2 Å². The second kappa shape index (κ2) is 5.03. The minimum Gasteiger partial charge on any atom is -0.493 e. The molecule has 1 aliphatic rings. The second-order valence-corrected chi connectivity index (χ2v) is 4.95. The van der Waals surface area contributed by atoms with Crippen LogP contribution in [-0.2, 0) is 0 Å². The Labute approximate surface area is 115 Å². The van der Waals surface area contributed by atoms with Gasteiger partial charge in [0.2, 0.25) is 5.58 Å². The number of rotatable bonds is 2. The molecule has 3 rings (SSSR count). The lowest BCUT2D eigenvalue weighted by Crippen LogP contribution is -2.36. The van der Waals surface area contributed by atoms with Crippen molar-refractivity contribution in [1.82, 2.24) is 10.1 Å². The van der Waals surface area contributed by atoms with Crippen LogP contribution < -0.4 is 4.74 Å². The summed E-state index contributed by atoms with van der Waals surface area (Å²) in [6.45, 7) is 1.08. The lowest BCUT2D eigenvalue weighted by atomic mass is 9.92. The number of carbonyl (C=O) groups is 1. The summed E-state index contributed by atoms with van der Waals surface area (Å²) in [7, 11) is 1.60. The first-order chi connectivity index (χ1) is 9.70. The molecule has 1 N–H and O–H groups in total. The molecule has 1 saturated heterocycles. The van der Waals surface area contributed by atoms with Crippen LogP contribution in [0.15, 0.2) is 22.7 Å². The van der Waals surface area contributed by atoms with Gasteiger partial charge < -0.3 is 19.3 Å². The lowest BCUT2D eigenvalue weighted by molar-refractivity contribution is 0.131. The Kier molecular flexibility index (Phi) is 3.22. The summed E-state index contributed by atoms with van der Waals surface area (Å²) in [5.74, 6) is 0.906. The van der Waals surface area contributed by atoms with Crippen molar-refractivity contribution in [2.45, 2.75) is 18.8 Å². The van der Waals surface area contributed by atoms with Crippen LogP contribution in [-0.4, -0.2) is 41.5 Å². The van der Waals surface area contributed by atoms with Crippen LogP contribution in [0.5, 0.6) is 5.75 Å². The molecule has 20 heavy (non-hydrogen) atoms. The molecule has 0 saturated carbocycles. The van der Waals surface area contributed by atoms with Crippen LogP contribution in [0.2, 0.25) is 0 Å². The van der Waals surface area contributed by atoms with Gasteiger partial charge in [0.05, 0.1) is 12.8 Å². The molecule has 1 aromatic carbocycles. The van der Waals surface area contributed by atoms with Gasteiger partial charge in [0.25, 0.3) is 0 Å². The highest BCUT2D eigenvalue weighted by Gasteiger charge is 2.27. The Hall–Kier alpha value is -2.24. The van der Waals surface area contributed by atoms with Crippen LogP contribution in [0.4, 0.5) is 4.79 Å². The number of hydrogen-bond acceptors (Lipinski definition) is 4. The molecule has 1 amide bonds. The molecule has 1 fully saturated rings. The smallest absolute Gasteiger partial charge is 0.407 e. The van der Waals surface area contributed by atoms with Crippen molar-refractivity contribution in [3.8, 4) is 5.75 Å². The van der Waals surface area contributed by atoms with Crippen molar-refractivity contribution in [3.05, 3.63) is 23.9 Å². The number of carboxylic acid groups (broad SMARTS) is 1. The van der Waals surface area contributed by atoms with Gasteiger partial charge in [-0.15, -0.1) is 0 Å². The molecule has 6 nitrogen and oxygen atoms in total. The van der Waals surface area contributed by atoms with Gasteiger partial charge in [-0.25, -0.2) is 4.79 Å². The Morgan fingerprint density at radius 3 is 2.85 bits per heavy atom. The van der Waals surface area contributed by atoms with E-state index in [-0.39, 0.29) is 5.92 Å². The van der Waals surface area contributed by atoms with E-state index >= 15 is 0 Å². The molecule has 2 aromatic rings. The van der Waals surface area contributed by atoms with Crippen molar-refractivity contribution >= 4 is 17.1 Å². The first-order valence-electron chi connectivity index (χ1n) is 6.61. The summed E-state index contributed by atoms with van der Waals surface area (Å²) in [6.07, 6.45) is 0.686. The standard InChI is InChI=1S/C14H16N2O4/c1-19-11-4-2-3-10-12(15-20-13(10)11)9-5-7-16(8-6-9)14(17)18/h2-4,9H,5-8H2,1H3,(H,17,18). The van der Waals surface area contributed by atoms with Crippen LogP contribution in [0.25, 0.3) is 11.0 Å². The third-order valence-corrected chi connectivity index (χ3v) is 3.86. The van der Waals surface area contributed by atoms with Crippen LogP contribution >= 0.6 is 0 Å². The van der Waals surface area contributed by atoms with Crippen molar-refractivity contribution in [2.75, 3.05) is 20.2 Å². The second-order valence-electron chi connectivity index (χ2n) is 4.95. The number of likely N-dealkylation sites (tertiary alicyclic amines) is 1. The molecule has 0 aliphatic carbocycles. The minimum atomic E-state index is -0.852. The molecule has 0 unspecified atom stereocenters. The predicted molar refractivity (Wildman–Crippen MR) is 72.1 cm³/mol. The first kappa shape index (κ1) is 12.8. The maximum atomic E-state index is 10.9. The topological polar surface area (TPSA) is 75.8 Å². The Morgan fingerprint density at radius 2 is 2.20 bits per heavy atom. The van der Waals surface area contributed by atoms with Gasteiger partial charge in [0, 0.05) is 24.4 Å². The average molecular weight is 276 g/mol. The average Bonchev–Trinajstić information content (AvgIpc) is 2.91. The van der Waals surface area contributed by atoms with Crippen molar-refractivity contribution in [1.29, 1.82) is 0 Å². The zero-order valence-electron chi connectivity index (χ0n) is 11.2. The van der Waals surface area contributed by atoms with Gasteiger partial charge in [-0.1, -0.05) is 11.2 Å². The zero-order chi connectivity index (χ0) is 14.1. The highest BCUT2D eigenvalue weighted by Crippen LogP contribution is 2.35. The van der Waals surface area contributed by atoms with E-state index in [9.17, 15) is 4.79 Å². The summed E-state index contributed by atoms with van der Waals surface area (Å²) in [5, 5.41) is 14.1. The molecule has 0 spiro atoms. The van der Waals surface area contributed by atoms with E-state index in [1.54, 1.807) is 7.11 Å². The summed E-state index contributed by atoms with van der Waals surface area (Å²) < 4.78 is 10.7. The van der Waals surface area contributed by atoms with Crippen LogP contribution in [0.3, 0.4) is 0 Å². The molecule has 106 valence electrons. The molecule has 1 aliphatic heterocycles. The van der Waals surface area contributed by atoms with Crippen LogP contribution in [0, 0.1) is 0 Å². The molecule has 0 radical (unpaired) electrons. The maximum Gasteiger partial charge on any atom is 0.407 e. The number of nitrogens with zero attached hydrogens (tertiary/aromatic N) is 2. The fourth-order valence-electron chi connectivity index (χ4n) is 2.76. The number of amides is 1. The fraction of sp³-hybridized carbons (Fsp3) is 0.429. The maximum absolute atomic E-state index is 10.9. The van der Waals surface area contributed by atoms with Crippen LogP contribution in [0.1, 0.15) is 24.5 Å². The fourth-order valence-corrected chi connectivity index (χ4v) is 2.76. The van der Waals surface area contributed by atoms with E-state index in [4.69, 9.17) is 14.4 Å². The highest BCUT2D eigenvalue weighted by molar-refractivity contribution is 5.85. The van der Waals surface area contributed by atoms with Gasteiger partial charge in [-0.05, 0) is 25.0 Å². The highest BCUT2D eigenvalue weighted by atomic mass is 16.5. The Morgan fingerprint density at radius 1 is 1.45 bits per heavy atom. The normalized spacial score (nSPS) is 16.6. The molecule has 0 atom stereocenters. The van der Waals surface area contributed by atoms with Crippen molar-refractivity contribution in [3.63, 3.8) is 0 Å². The zero-order valence-corrected chi connectivity index (χ0v) is 11.2. The summed E-state index contributed by atoms with van der Waals surface area (Å²) in [4.78, 5) is 12.4. The molecule has 1 aromatic heterocycles. The molecule has 6 heteroatoms. The lowest BCUT2D eigenvalue weighted by Gasteiger charge is -2.28. The van der Waals surface area contributed by atoms with Gasteiger partial charge >= 0.3 is 6.09 Å². The van der Waals surface area contributed by atoms with Crippen molar-refractivity contribution < 1.29 is 19.2 Å². The number of aromatic nitrogens is 1. The quantitative estimate of drug-likeness (QED) is 0.912. The third-order valence-electron chi connectivity index (χ3n) is 3.86. The number of para-hydroxylation sites is 1. The van der Waals surface area contributed by atoms with Gasteiger partial charge in [0.1, 0.15) is 0 Å². The van der Waals surface area contributed by atoms with Gasteiger partial charge in [-0.3, -0.25) is 0 Å². The third kappa shape index (κ3) is 2.07. The molecule has 2 heterocycles. The van der Waals surface area contributed by atoms with E-state index in [1.165, 1.54) is 4.90 Å². The molecular weight excluding hydrogens is 260 g/mol. The Bertz CT molecular complexity index is 629. The monoisotopic (exact) mass is 276 g/mol. The number of piperidine rings is 1. The van der Waals surface area contributed by atoms with Crippen molar-refractivity contribution in [2.24, 2.45) is 0 Å². The van der Waals surface area contributed by atoms with E-state index in [0.29, 0.717) is 24.4 Å². The van der Waals surface area contributed by atoms with E-state index in [2.05, 4.69) is 5.16 Å². The van der Waals surface area contributed by atoms with E-state index in [0.717, 1.165) is 23.9 Å². The molecule has 0 bridgehead atoms. The van der Waals surface area contributed by atoms with E-state index < -0.39 is 6.09 Å².